The van der Waals surface area contributed by atoms with Crippen molar-refractivity contribution in [1.29, 1.82) is 0 Å². The number of aromatic nitrogens is 5. The fourth-order valence-electron chi connectivity index (χ4n) is 7.74. The standard InChI is InChI=1S/C37H34ClF7N6O3S/c1-50-33-24(4-6-27(38)31(33)28(48-50)17-55(2,3)54)23-5-7-29(46-8-9-52)47-32(23)19(10-18-11-20(39)14-21(40)12-18)13-22(53)16-51-35-30(34(49-51)37(43,44)45)25-15-26(25)36(35,41)42/h4-7,11-12,14,19,25-26,52H,2,8-10,13,15-17H2,1,3H3,(H,46,47)/t19-,25+,26-,55?/m1/s1. The first-order chi connectivity index (χ1) is 25.8. The molecule has 7 rings (SSSR count). The van der Waals surface area contributed by atoms with Crippen LogP contribution in [0.4, 0.5) is 36.6 Å². The van der Waals surface area contributed by atoms with Crippen molar-refractivity contribution in [1.82, 2.24) is 24.5 Å². The molecule has 2 N–H and O–H groups in total. The summed E-state index contributed by atoms with van der Waals surface area (Å²) in [5, 5.41) is 21.3. The van der Waals surface area contributed by atoms with E-state index in [1.165, 1.54) is 10.9 Å². The summed E-state index contributed by atoms with van der Waals surface area (Å²) >= 11 is 6.67. The van der Waals surface area contributed by atoms with Crippen LogP contribution in [0.25, 0.3) is 22.0 Å². The number of nitrogens with zero attached hydrogens (tertiary/aromatic N) is 5. The third-order valence-corrected chi connectivity index (χ3v) is 11.1. The molecule has 2 aliphatic rings. The molecule has 5 aromatic rings. The van der Waals surface area contributed by atoms with E-state index in [9.17, 15) is 36.1 Å². The van der Waals surface area contributed by atoms with Crippen LogP contribution in [-0.4, -0.2) is 64.9 Å². The van der Waals surface area contributed by atoms with Gasteiger partial charge >= 0.3 is 6.18 Å². The second-order valence-electron chi connectivity index (χ2n) is 14.3. The molecule has 3 heterocycles. The van der Waals surface area contributed by atoms with Gasteiger partial charge in [-0.2, -0.15) is 32.1 Å². The number of aliphatic hydroxyl groups is 1. The molecule has 3 aromatic heterocycles. The quantitative estimate of drug-likeness (QED) is 0.0954. The molecule has 1 fully saturated rings. The molecular formula is C37H34ClF7N6O3S. The van der Waals surface area contributed by atoms with Crippen molar-refractivity contribution in [3.8, 4) is 11.1 Å². The highest BCUT2D eigenvalue weighted by Crippen LogP contribution is 2.68. The number of benzene rings is 2. The number of alkyl halides is 5. The summed E-state index contributed by atoms with van der Waals surface area (Å²) < 4.78 is 117. The smallest absolute Gasteiger partial charge is 0.395 e. The second kappa shape index (κ2) is 13.9. The number of rotatable bonds is 13. The molecule has 55 heavy (non-hydrogen) atoms. The number of anilines is 1. The zero-order valence-corrected chi connectivity index (χ0v) is 30.9. The zero-order valence-electron chi connectivity index (χ0n) is 29.4. The van der Waals surface area contributed by atoms with E-state index in [2.05, 4.69) is 21.4 Å². The van der Waals surface area contributed by atoms with Gasteiger partial charge in [0.1, 0.15) is 29.7 Å². The van der Waals surface area contributed by atoms with Crippen LogP contribution in [0.3, 0.4) is 0 Å². The summed E-state index contributed by atoms with van der Waals surface area (Å²) in [6.45, 7) is -1.13. The predicted molar refractivity (Wildman–Crippen MR) is 194 cm³/mol. The highest BCUT2D eigenvalue weighted by atomic mass is 35.5. The first-order valence-corrected chi connectivity index (χ1v) is 19.8. The van der Waals surface area contributed by atoms with Crippen LogP contribution in [-0.2, 0) is 52.2 Å². The average Bonchev–Trinajstić information content (AvgIpc) is 3.61. The molecule has 0 spiro atoms. The van der Waals surface area contributed by atoms with Crippen molar-refractivity contribution in [2.24, 2.45) is 13.0 Å². The van der Waals surface area contributed by atoms with Gasteiger partial charge in [0.2, 0.25) is 0 Å². The lowest BCUT2D eigenvalue weighted by molar-refractivity contribution is -0.142. The molecule has 0 aliphatic heterocycles. The minimum atomic E-state index is -5.03. The van der Waals surface area contributed by atoms with Crippen molar-refractivity contribution >= 4 is 49.5 Å². The third kappa shape index (κ3) is 7.45. The summed E-state index contributed by atoms with van der Waals surface area (Å²) in [6, 6.07) is 9.31. The average molecular weight is 811 g/mol. The van der Waals surface area contributed by atoms with Gasteiger partial charge in [-0.1, -0.05) is 17.7 Å². The number of aliphatic hydroxyl groups excluding tert-OH is 1. The van der Waals surface area contributed by atoms with Gasteiger partial charge in [0.05, 0.1) is 34.3 Å². The Bertz CT molecular complexity index is 2440. The highest BCUT2D eigenvalue weighted by molar-refractivity contribution is 7.98. The Hall–Kier alpha value is -4.48. The number of Topliss-reactive ketones (excluding diaryl/α,β-unsaturated/α-hetero) is 1. The van der Waals surface area contributed by atoms with E-state index < -0.39 is 86.7 Å². The third-order valence-electron chi connectivity index (χ3n) is 9.88. The maximum atomic E-state index is 15.4. The molecule has 18 heteroatoms. The topological polar surface area (TPSA) is 115 Å². The Morgan fingerprint density at radius 2 is 1.82 bits per heavy atom. The molecule has 1 unspecified atom stereocenters. The molecule has 0 saturated heterocycles. The molecule has 2 aliphatic carbocycles. The SMILES string of the molecule is C=S(C)(=O)Cc1nn(C)c2c(-c3ccc(NCCO)nc3[C@@H](CC(=O)Cn3nc(C(F)(F)F)c4c3C(F)(F)[C@@H]3C[C@H]43)Cc3cc(F)cc(F)c3)ccc(Cl)c12. The van der Waals surface area contributed by atoms with Gasteiger partial charge in [-0.3, -0.25) is 18.4 Å². The van der Waals surface area contributed by atoms with Gasteiger partial charge in [0, 0.05) is 66.2 Å². The lowest BCUT2D eigenvalue weighted by Gasteiger charge is -2.22. The van der Waals surface area contributed by atoms with E-state index in [0.717, 1.165) is 12.1 Å². The second-order valence-corrected chi connectivity index (χ2v) is 17.3. The number of carbonyl (C=O) groups excluding carboxylic acids is 1. The summed E-state index contributed by atoms with van der Waals surface area (Å²) in [7, 11) is -0.933. The molecule has 2 aromatic carbocycles. The number of aryl methyl sites for hydroxylation is 1. The van der Waals surface area contributed by atoms with Crippen LogP contribution in [0.1, 0.15) is 58.6 Å². The maximum Gasteiger partial charge on any atom is 0.435 e. The minimum Gasteiger partial charge on any atom is -0.395 e. The van der Waals surface area contributed by atoms with Gasteiger partial charge in [-0.15, -0.1) is 0 Å². The van der Waals surface area contributed by atoms with Gasteiger partial charge in [0.15, 0.2) is 11.5 Å². The van der Waals surface area contributed by atoms with Gasteiger partial charge < -0.3 is 10.4 Å². The summed E-state index contributed by atoms with van der Waals surface area (Å²) in [5.74, 6) is -5.62. The van der Waals surface area contributed by atoms with Crippen LogP contribution in [0.2, 0.25) is 5.02 Å². The normalized spacial score (nSPS) is 18.9. The Balaban J connectivity index is 1.36. The summed E-state index contributed by atoms with van der Waals surface area (Å²) in [5.41, 5.74) is -0.878. The lowest BCUT2D eigenvalue weighted by atomic mass is 9.86. The van der Waals surface area contributed by atoms with Crippen LogP contribution in [0.15, 0.2) is 42.5 Å². The fourth-order valence-corrected chi connectivity index (χ4v) is 8.78. The molecular weight excluding hydrogens is 777 g/mol. The Morgan fingerprint density at radius 3 is 2.47 bits per heavy atom. The number of hydrogen-bond donors (Lipinski definition) is 2. The van der Waals surface area contributed by atoms with Crippen molar-refractivity contribution in [3.63, 3.8) is 0 Å². The summed E-state index contributed by atoms with van der Waals surface area (Å²) in [6.07, 6.45) is -4.42. The first-order valence-electron chi connectivity index (χ1n) is 17.1. The molecule has 0 radical (unpaired) electrons. The fraction of sp³-hybridized carbons (Fsp3) is 0.378. The van der Waals surface area contributed by atoms with Crippen molar-refractivity contribution in [2.75, 3.05) is 24.7 Å². The van der Waals surface area contributed by atoms with E-state index >= 15 is 8.78 Å². The molecule has 292 valence electrons. The van der Waals surface area contributed by atoms with E-state index in [4.69, 9.17) is 16.6 Å². The number of halogens is 8. The molecule has 0 amide bonds. The van der Waals surface area contributed by atoms with E-state index in [-0.39, 0.29) is 48.8 Å². The predicted octanol–water partition coefficient (Wildman–Crippen LogP) is 7.23. The van der Waals surface area contributed by atoms with Gasteiger partial charge in [-0.05, 0) is 70.0 Å². The van der Waals surface area contributed by atoms with Crippen LogP contribution >= 0.6 is 11.6 Å². The largest absolute Gasteiger partial charge is 0.435 e. The van der Waals surface area contributed by atoms with Crippen molar-refractivity contribution < 1.29 is 44.8 Å². The van der Waals surface area contributed by atoms with Crippen LogP contribution < -0.4 is 5.32 Å². The molecule has 9 nitrogen and oxygen atoms in total. The maximum absolute atomic E-state index is 15.4. The van der Waals surface area contributed by atoms with E-state index in [0.29, 0.717) is 43.5 Å². The number of pyridine rings is 1. The summed E-state index contributed by atoms with van der Waals surface area (Å²) in [4.78, 5) is 18.7. The number of hydrogen-bond acceptors (Lipinski definition) is 7. The van der Waals surface area contributed by atoms with Crippen molar-refractivity contribution in [3.05, 3.63) is 93.0 Å². The Kier molecular flexibility index (Phi) is 9.81. The van der Waals surface area contributed by atoms with E-state index in [1.807, 2.05) is 0 Å². The first kappa shape index (κ1) is 38.8. The van der Waals surface area contributed by atoms with Gasteiger partial charge in [0.25, 0.3) is 5.92 Å². The van der Waals surface area contributed by atoms with Crippen molar-refractivity contribution in [2.45, 2.75) is 55.5 Å². The highest BCUT2D eigenvalue weighted by Gasteiger charge is 2.68. The zero-order chi connectivity index (χ0) is 39.8. The molecule has 4 atom stereocenters. The molecule has 0 bridgehead atoms. The number of carbonyl (C=O) groups is 1. The van der Waals surface area contributed by atoms with E-state index in [1.54, 1.807) is 31.3 Å². The lowest BCUT2D eigenvalue weighted by Crippen LogP contribution is -2.24. The monoisotopic (exact) mass is 810 g/mol. The Labute approximate surface area is 315 Å². The van der Waals surface area contributed by atoms with Crippen LogP contribution in [0, 0.1) is 17.6 Å². The number of fused-ring (bicyclic) bond motifs is 4. The minimum absolute atomic E-state index is 0.00137. The van der Waals surface area contributed by atoms with Gasteiger partial charge in [-0.25, -0.2) is 13.8 Å². The number of nitrogens with one attached hydrogen (secondary N) is 1. The van der Waals surface area contributed by atoms with Crippen LogP contribution in [0.5, 0.6) is 0 Å². The molecule has 1 saturated carbocycles. The Morgan fingerprint density at radius 1 is 1.13 bits per heavy atom. The number of ketones is 1.